The normalized spacial score (nSPS) is 17.0. The van der Waals surface area contributed by atoms with Gasteiger partial charge in [-0.2, -0.15) is 0 Å². The van der Waals surface area contributed by atoms with Gasteiger partial charge in [-0.05, 0) is 36.4 Å². The summed E-state index contributed by atoms with van der Waals surface area (Å²) in [5.41, 5.74) is 0.660. The maximum atomic E-state index is 12.8. The Balaban J connectivity index is 1.91. The molecule has 142 valence electrons. The number of imide groups is 2. The van der Waals surface area contributed by atoms with Crippen LogP contribution in [-0.4, -0.2) is 37.1 Å². The van der Waals surface area contributed by atoms with Gasteiger partial charge in [0.05, 0.1) is 24.0 Å². The van der Waals surface area contributed by atoms with E-state index in [0.717, 1.165) is 11.1 Å². The first-order valence-electron chi connectivity index (χ1n) is 8.08. The quantitative estimate of drug-likeness (QED) is 0.483. The molecule has 1 heterocycles. The molecule has 9 heteroatoms. The predicted octanol–water partition coefficient (Wildman–Crippen LogP) is 2.73. The van der Waals surface area contributed by atoms with Crippen LogP contribution in [0.15, 0.2) is 53.5 Å². The van der Waals surface area contributed by atoms with E-state index in [-0.39, 0.29) is 16.9 Å². The number of urea groups is 1. The van der Waals surface area contributed by atoms with Crippen molar-refractivity contribution in [2.45, 2.75) is 0 Å². The van der Waals surface area contributed by atoms with Crippen LogP contribution in [0.2, 0.25) is 5.02 Å². The highest BCUT2D eigenvalue weighted by Gasteiger charge is 2.40. The fourth-order valence-corrected chi connectivity index (χ4v) is 2.71. The van der Waals surface area contributed by atoms with Gasteiger partial charge in [0.15, 0.2) is 5.92 Å². The van der Waals surface area contributed by atoms with Crippen molar-refractivity contribution in [1.29, 1.82) is 0 Å². The molecule has 0 radical (unpaired) electrons. The highest BCUT2D eigenvalue weighted by atomic mass is 35.5. The Morgan fingerprint density at radius 2 is 1.82 bits per heavy atom. The molecule has 1 fully saturated rings. The lowest BCUT2D eigenvalue weighted by Crippen LogP contribution is -2.58. The lowest BCUT2D eigenvalue weighted by Gasteiger charge is -2.28. The number of ether oxygens (including phenoxy) is 1. The largest absolute Gasteiger partial charge is 0.465 e. The predicted molar refractivity (Wildman–Crippen MR) is 102 cm³/mol. The smallest absolute Gasteiger partial charge is 0.340 e. The summed E-state index contributed by atoms with van der Waals surface area (Å²) in [5, 5.41) is 2.55. The third-order valence-corrected chi connectivity index (χ3v) is 4.21. The molecule has 0 spiro atoms. The Kier molecular flexibility index (Phi) is 5.51. The number of nitrogens with one attached hydrogen (secondary N) is 1. The summed E-state index contributed by atoms with van der Waals surface area (Å²) in [5.74, 6) is -3.53. The average molecular weight is 400 g/mol. The first-order valence-corrected chi connectivity index (χ1v) is 8.46. The van der Waals surface area contributed by atoms with Gasteiger partial charge in [-0.3, -0.25) is 19.9 Å². The van der Waals surface area contributed by atoms with Gasteiger partial charge in [-0.15, -0.1) is 0 Å². The maximum Gasteiger partial charge on any atom is 0.340 e. The topological polar surface area (TPSA) is 105 Å². The second-order valence-electron chi connectivity index (χ2n) is 5.71. The lowest BCUT2D eigenvalue weighted by atomic mass is 10.1. The summed E-state index contributed by atoms with van der Waals surface area (Å²) in [6.45, 7) is 0. The molecule has 28 heavy (non-hydrogen) atoms. The Morgan fingerprint density at radius 1 is 1.14 bits per heavy atom. The van der Waals surface area contributed by atoms with E-state index in [9.17, 15) is 19.2 Å². The van der Waals surface area contributed by atoms with Gasteiger partial charge < -0.3 is 4.74 Å². The number of amides is 4. The summed E-state index contributed by atoms with van der Waals surface area (Å²) >= 11 is 5.83. The molecular formula is C19H14ClN3O5. The number of carbonyl (C=O) groups excluding carboxylic acids is 4. The Bertz CT molecular complexity index is 987. The van der Waals surface area contributed by atoms with Crippen molar-refractivity contribution in [2.75, 3.05) is 12.0 Å². The highest BCUT2D eigenvalue weighted by Crippen LogP contribution is 2.24. The molecule has 1 N–H and O–H groups in total. The number of nitrogens with zero attached hydrogens (tertiary/aromatic N) is 2. The summed E-state index contributed by atoms with van der Waals surface area (Å²) in [4.78, 5) is 53.8. The molecule has 3 rings (SSSR count). The minimum Gasteiger partial charge on any atom is -0.465 e. The molecule has 8 nitrogen and oxygen atoms in total. The Labute approximate surface area is 164 Å². The van der Waals surface area contributed by atoms with E-state index in [4.69, 9.17) is 11.6 Å². The van der Waals surface area contributed by atoms with Crippen LogP contribution in [0, 0.1) is 5.92 Å². The lowest BCUT2D eigenvalue weighted by molar-refractivity contribution is -0.131. The van der Waals surface area contributed by atoms with Crippen molar-refractivity contribution in [3.8, 4) is 0 Å². The average Bonchev–Trinajstić information content (AvgIpc) is 2.68. The monoisotopic (exact) mass is 399 g/mol. The van der Waals surface area contributed by atoms with Crippen LogP contribution < -0.4 is 10.2 Å². The molecule has 4 amide bonds. The van der Waals surface area contributed by atoms with Crippen molar-refractivity contribution >= 4 is 53.0 Å². The second kappa shape index (κ2) is 8.01. The number of aliphatic imine (C=N–C) groups is 1. The Morgan fingerprint density at radius 3 is 2.50 bits per heavy atom. The number of halogens is 1. The number of hydrogen-bond donors (Lipinski definition) is 1. The highest BCUT2D eigenvalue weighted by molar-refractivity contribution is 6.33. The van der Waals surface area contributed by atoms with Crippen LogP contribution in [0.3, 0.4) is 0 Å². The van der Waals surface area contributed by atoms with Crippen LogP contribution in [-0.2, 0) is 14.3 Å². The minimum absolute atomic E-state index is 0.176. The molecule has 0 unspecified atom stereocenters. The van der Waals surface area contributed by atoms with Crippen molar-refractivity contribution in [1.82, 2.24) is 5.32 Å². The van der Waals surface area contributed by atoms with E-state index < -0.39 is 29.7 Å². The minimum atomic E-state index is -1.35. The molecule has 1 atom stereocenters. The van der Waals surface area contributed by atoms with Crippen molar-refractivity contribution in [3.05, 3.63) is 59.1 Å². The molecule has 2 aromatic rings. The summed E-state index contributed by atoms with van der Waals surface area (Å²) in [7, 11) is 1.23. The molecule has 2 aromatic carbocycles. The van der Waals surface area contributed by atoms with Gasteiger partial charge in [0.1, 0.15) is 0 Å². The van der Waals surface area contributed by atoms with Crippen LogP contribution in [0.1, 0.15) is 10.4 Å². The van der Waals surface area contributed by atoms with E-state index >= 15 is 0 Å². The van der Waals surface area contributed by atoms with E-state index in [2.05, 4.69) is 15.0 Å². The number of anilines is 1. The van der Waals surface area contributed by atoms with Gasteiger partial charge in [0, 0.05) is 11.2 Å². The molecule has 1 saturated heterocycles. The summed E-state index contributed by atoms with van der Waals surface area (Å²) < 4.78 is 4.69. The summed E-state index contributed by atoms with van der Waals surface area (Å²) in [6, 6.07) is 11.5. The molecular weight excluding hydrogens is 386 g/mol. The maximum absolute atomic E-state index is 12.8. The molecule has 0 aliphatic carbocycles. The molecule has 0 bridgehead atoms. The van der Waals surface area contributed by atoms with Crippen LogP contribution in [0.25, 0.3) is 0 Å². The molecule has 1 aliphatic rings. The molecule has 0 aromatic heterocycles. The number of para-hydroxylation sites is 1. The van der Waals surface area contributed by atoms with Crippen molar-refractivity contribution < 1.29 is 23.9 Å². The number of esters is 1. The van der Waals surface area contributed by atoms with Gasteiger partial charge in [0.25, 0.3) is 5.91 Å². The van der Waals surface area contributed by atoms with Crippen LogP contribution in [0.4, 0.5) is 16.2 Å². The van der Waals surface area contributed by atoms with E-state index in [1.807, 2.05) is 0 Å². The first kappa shape index (κ1) is 19.2. The number of benzene rings is 2. The zero-order valence-electron chi connectivity index (χ0n) is 14.6. The third-order valence-electron chi connectivity index (χ3n) is 3.96. The number of hydrogen-bond acceptors (Lipinski definition) is 6. The second-order valence-corrected chi connectivity index (χ2v) is 6.15. The van der Waals surface area contributed by atoms with E-state index in [0.29, 0.717) is 5.02 Å². The van der Waals surface area contributed by atoms with Crippen molar-refractivity contribution in [3.63, 3.8) is 0 Å². The standard InChI is InChI=1S/C19H14ClN3O5/c1-28-18(26)13-4-2-3-5-15(13)21-10-14-16(24)22-19(27)23(17(14)25)12-8-6-11(20)7-9-12/h2-10,14H,1H3,(H,22,24,27)/t14-/m0/s1. The van der Waals surface area contributed by atoms with Gasteiger partial charge in [-0.1, -0.05) is 23.7 Å². The van der Waals surface area contributed by atoms with Crippen molar-refractivity contribution in [2.24, 2.45) is 10.9 Å². The number of barbiturate groups is 1. The van der Waals surface area contributed by atoms with Gasteiger partial charge in [0.2, 0.25) is 5.91 Å². The fourth-order valence-electron chi connectivity index (χ4n) is 2.58. The SMILES string of the molecule is COC(=O)c1ccccc1N=C[C@H]1C(=O)NC(=O)N(c2ccc(Cl)cc2)C1=O. The van der Waals surface area contributed by atoms with Crippen LogP contribution >= 0.6 is 11.6 Å². The van der Waals surface area contributed by atoms with Gasteiger partial charge >= 0.3 is 12.0 Å². The molecule has 1 aliphatic heterocycles. The van der Waals surface area contributed by atoms with E-state index in [1.54, 1.807) is 12.1 Å². The zero-order chi connectivity index (χ0) is 20.3. The zero-order valence-corrected chi connectivity index (χ0v) is 15.3. The Hall–Kier alpha value is -3.52. The number of methoxy groups -OCH3 is 1. The van der Waals surface area contributed by atoms with E-state index in [1.165, 1.54) is 43.5 Å². The summed E-state index contributed by atoms with van der Waals surface area (Å²) in [6.07, 6.45) is 1.09. The van der Waals surface area contributed by atoms with Gasteiger partial charge in [-0.25, -0.2) is 14.5 Å². The third kappa shape index (κ3) is 3.77. The number of carbonyl (C=O) groups is 4. The first-order chi connectivity index (χ1) is 13.4. The van der Waals surface area contributed by atoms with Crippen LogP contribution in [0.5, 0.6) is 0 Å². The molecule has 0 saturated carbocycles. The fraction of sp³-hybridized carbons (Fsp3) is 0.105. The number of rotatable bonds is 4.